The molecule has 1 unspecified atom stereocenters. The molecule has 2 saturated carbocycles. The van der Waals surface area contributed by atoms with E-state index in [0.29, 0.717) is 12.2 Å². The van der Waals surface area contributed by atoms with Gasteiger partial charge in [-0.3, -0.25) is 19.7 Å². The SMILES string of the molecule is C=CCC1(C(=O)Oc2ccc3ccccc3c2)[C@@H]2CC[C@H]1[C@H]1C(=O)NC(=O)[C@H]12. The molecule has 2 aliphatic carbocycles. The van der Waals surface area contributed by atoms with Gasteiger partial charge in [0.2, 0.25) is 11.8 Å². The minimum atomic E-state index is -0.851. The summed E-state index contributed by atoms with van der Waals surface area (Å²) in [7, 11) is 0. The second-order valence-electron chi connectivity index (χ2n) is 8.13. The van der Waals surface area contributed by atoms with Crippen LogP contribution >= 0.6 is 0 Å². The van der Waals surface area contributed by atoms with E-state index in [4.69, 9.17) is 4.74 Å². The molecule has 5 nitrogen and oxygen atoms in total. The number of esters is 1. The van der Waals surface area contributed by atoms with Crippen molar-refractivity contribution in [1.82, 2.24) is 5.32 Å². The zero-order valence-electron chi connectivity index (χ0n) is 15.4. The normalized spacial score (nSPS) is 33.0. The summed E-state index contributed by atoms with van der Waals surface area (Å²) in [4.78, 5) is 38.2. The van der Waals surface area contributed by atoms with Crippen LogP contribution in [0.3, 0.4) is 0 Å². The molecule has 28 heavy (non-hydrogen) atoms. The average Bonchev–Trinajstić information content (AvgIpc) is 3.30. The standard InChI is InChI=1S/C23H21NO4/c1-2-11-23(16-9-10-17(23)19-18(16)20(25)24-21(19)26)22(27)28-15-8-7-13-5-3-4-6-14(13)12-15/h2-8,12,16-19H,1,9-11H2,(H,24,25,26)/t16-,17+,18+,19-,23?. The number of ether oxygens (including phenoxy) is 1. The zero-order chi connectivity index (χ0) is 19.5. The third-order valence-corrected chi connectivity index (χ3v) is 7.01. The lowest BCUT2D eigenvalue weighted by molar-refractivity contribution is -0.150. The molecule has 2 bridgehead atoms. The Kier molecular flexibility index (Phi) is 3.69. The first-order valence-corrected chi connectivity index (χ1v) is 9.73. The van der Waals surface area contributed by atoms with E-state index in [-0.39, 0.29) is 29.6 Å². The predicted octanol–water partition coefficient (Wildman–Crippen LogP) is 3.24. The number of nitrogens with one attached hydrogen (secondary N) is 1. The smallest absolute Gasteiger partial charge is 0.318 e. The van der Waals surface area contributed by atoms with Crippen molar-refractivity contribution in [3.8, 4) is 5.75 Å². The molecule has 5 atom stereocenters. The van der Waals surface area contributed by atoms with Gasteiger partial charge in [0, 0.05) is 0 Å². The van der Waals surface area contributed by atoms with Gasteiger partial charge in [-0.2, -0.15) is 0 Å². The number of rotatable bonds is 4. The van der Waals surface area contributed by atoms with Crippen molar-refractivity contribution in [2.24, 2.45) is 29.1 Å². The van der Waals surface area contributed by atoms with Gasteiger partial charge >= 0.3 is 5.97 Å². The maximum Gasteiger partial charge on any atom is 0.318 e. The van der Waals surface area contributed by atoms with Crippen molar-refractivity contribution in [3.63, 3.8) is 0 Å². The van der Waals surface area contributed by atoms with Gasteiger partial charge in [0.1, 0.15) is 5.75 Å². The first-order chi connectivity index (χ1) is 13.6. The second kappa shape index (κ2) is 6.03. The van der Waals surface area contributed by atoms with Gasteiger partial charge in [-0.25, -0.2) is 0 Å². The molecule has 1 heterocycles. The summed E-state index contributed by atoms with van der Waals surface area (Å²) in [6.07, 6.45) is 3.65. The molecule has 2 aromatic carbocycles. The minimum Gasteiger partial charge on any atom is -0.426 e. The quantitative estimate of drug-likeness (QED) is 0.385. The maximum absolute atomic E-state index is 13.5. The minimum absolute atomic E-state index is 0.181. The van der Waals surface area contributed by atoms with Crippen LogP contribution in [0.2, 0.25) is 0 Å². The molecule has 3 fully saturated rings. The fourth-order valence-electron chi connectivity index (χ4n) is 5.99. The number of carbonyl (C=O) groups excluding carboxylic acids is 3. The number of hydrogen-bond acceptors (Lipinski definition) is 4. The summed E-state index contributed by atoms with van der Waals surface area (Å²) in [6, 6.07) is 13.4. The molecule has 0 radical (unpaired) electrons. The average molecular weight is 375 g/mol. The van der Waals surface area contributed by atoms with Crippen molar-refractivity contribution in [2.45, 2.75) is 19.3 Å². The molecule has 3 aliphatic rings. The molecular weight excluding hydrogens is 354 g/mol. The Morgan fingerprint density at radius 1 is 1.07 bits per heavy atom. The zero-order valence-corrected chi connectivity index (χ0v) is 15.4. The van der Waals surface area contributed by atoms with Gasteiger partial charge < -0.3 is 4.74 Å². The largest absolute Gasteiger partial charge is 0.426 e. The van der Waals surface area contributed by atoms with Gasteiger partial charge in [0.05, 0.1) is 17.3 Å². The number of hydrogen-bond donors (Lipinski definition) is 1. The highest BCUT2D eigenvalue weighted by Crippen LogP contribution is 2.66. The molecule has 2 amide bonds. The Balaban J connectivity index is 1.51. The summed E-state index contributed by atoms with van der Waals surface area (Å²) in [5.74, 6) is -1.54. The van der Waals surface area contributed by atoms with E-state index >= 15 is 0 Å². The van der Waals surface area contributed by atoms with Crippen LogP contribution in [-0.2, 0) is 14.4 Å². The van der Waals surface area contributed by atoms with Crippen LogP contribution in [0.15, 0.2) is 55.1 Å². The first-order valence-electron chi connectivity index (χ1n) is 9.73. The Morgan fingerprint density at radius 3 is 2.36 bits per heavy atom. The lowest BCUT2D eigenvalue weighted by Gasteiger charge is -2.32. The molecule has 1 aliphatic heterocycles. The van der Waals surface area contributed by atoms with E-state index in [2.05, 4.69) is 11.9 Å². The molecule has 0 aromatic heterocycles. The molecule has 1 saturated heterocycles. The number of imide groups is 1. The van der Waals surface area contributed by atoms with Gasteiger partial charge in [0.15, 0.2) is 0 Å². The summed E-state index contributed by atoms with van der Waals surface area (Å²) in [6.45, 7) is 3.83. The topological polar surface area (TPSA) is 72.5 Å². The van der Waals surface area contributed by atoms with Crippen molar-refractivity contribution in [1.29, 1.82) is 0 Å². The molecule has 0 spiro atoms. The molecule has 142 valence electrons. The number of amides is 2. The van der Waals surface area contributed by atoms with Crippen molar-refractivity contribution in [2.75, 3.05) is 0 Å². The van der Waals surface area contributed by atoms with E-state index in [1.54, 1.807) is 12.1 Å². The lowest BCUT2D eigenvalue weighted by atomic mass is 9.73. The first kappa shape index (κ1) is 17.2. The number of fused-ring (bicyclic) bond motifs is 6. The summed E-state index contributed by atoms with van der Waals surface area (Å²) < 4.78 is 5.85. The number of allylic oxidation sites excluding steroid dienone is 1. The van der Waals surface area contributed by atoms with Gasteiger partial charge in [-0.05, 0) is 54.0 Å². The highest BCUT2D eigenvalue weighted by molar-refractivity contribution is 6.07. The van der Waals surface area contributed by atoms with Gasteiger partial charge in [0.25, 0.3) is 0 Å². The molecular formula is C23H21NO4. The third-order valence-electron chi connectivity index (χ3n) is 7.01. The molecule has 5 rings (SSSR count). The van der Waals surface area contributed by atoms with Gasteiger partial charge in [-0.15, -0.1) is 6.58 Å². The van der Waals surface area contributed by atoms with Crippen LogP contribution in [0.25, 0.3) is 10.8 Å². The van der Waals surface area contributed by atoms with Crippen LogP contribution in [0.5, 0.6) is 5.75 Å². The van der Waals surface area contributed by atoms with Crippen LogP contribution in [0, 0.1) is 29.1 Å². The van der Waals surface area contributed by atoms with E-state index < -0.39 is 17.3 Å². The Hall–Kier alpha value is -2.95. The van der Waals surface area contributed by atoms with Crippen molar-refractivity contribution < 1.29 is 19.1 Å². The van der Waals surface area contributed by atoms with E-state index in [0.717, 1.165) is 23.6 Å². The van der Waals surface area contributed by atoms with Gasteiger partial charge in [-0.1, -0.05) is 36.4 Å². The highest BCUT2D eigenvalue weighted by Gasteiger charge is 2.72. The maximum atomic E-state index is 13.5. The van der Waals surface area contributed by atoms with E-state index in [1.807, 2.05) is 36.4 Å². The predicted molar refractivity (Wildman–Crippen MR) is 103 cm³/mol. The van der Waals surface area contributed by atoms with E-state index in [1.165, 1.54) is 0 Å². The Morgan fingerprint density at radius 2 is 1.71 bits per heavy atom. The fraction of sp³-hybridized carbons (Fsp3) is 0.348. The summed E-state index contributed by atoms with van der Waals surface area (Å²) >= 11 is 0. The number of carbonyl (C=O) groups is 3. The highest BCUT2D eigenvalue weighted by atomic mass is 16.5. The van der Waals surface area contributed by atoms with Crippen LogP contribution < -0.4 is 10.1 Å². The van der Waals surface area contributed by atoms with Crippen LogP contribution in [0.1, 0.15) is 19.3 Å². The van der Waals surface area contributed by atoms with Crippen molar-refractivity contribution >= 4 is 28.6 Å². The Bertz CT molecular complexity index is 998. The third kappa shape index (κ3) is 2.16. The summed E-state index contributed by atoms with van der Waals surface area (Å²) in [5, 5.41) is 4.51. The molecule has 1 N–H and O–H groups in total. The van der Waals surface area contributed by atoms with Crippen LogP contribution in [-0.4, -0.2) is 17.8 Å². The Labute approximate surface area is 162 Å². The van der Waals surface area contributed by atoms with Crippen molar-refractivity contribution in [3.05, 3.63) is 55.1 Å². The fourth-order valence-corrected chi connectivity index (χ4v) is 5.99. The molecule has 2 aromatic rings. The van der Waals surface area contributed by atoms with E-state index in [9.17, 15) is 14.4 Å². The summed E-state index contributed by atoms with van der Waals surface area (Å²) in [5.41, 5.74) is -0.851. The molecule has 5 heteroatoms. The number of benzene rings is 2. The second-order valence-corrected chi connectivity index (χ2v) is 8.13. The van der Waals surface area contributed by atoms with Crippen LogP contribution in [0.4, 0.5) is 0 Å². The monoisotopic (exact) mass is 375 g/mol. The lowest BCUT2D eigenvalue weighted by Crippen LogP contribution is -2.43.